The van der Waals surface area contributed by atoms with Crippen LogP contribution in [0.25, 0.3) is 0 Å². The van der Waals surface area contributed by atoms with Gasteiger partial charge in [-0.25, -0.2) is 17.5 Å². The lowest BCUT2D eigenvalue weighted by molar-refractivity contribution is 0.0712. The van der Waals surface area contributed by atoms with Crippen molar-refractivity contribution in [3.8, 4) is 0 Å². The monoisotopic (exact) mass is 294 g/mol. The Morgan fingerprint density at radius 3 is 2.61 bits per heavy atom. The van der Waals surface area contributed by atoms with Crippen molar-refractivity contribution in [2.45, 2.75) is 29.9 Å². The second kappa shape index (κ2) is 4.65. The number of sulfonamides is 1. The zero-order valence-corrected chi connectivity index (χ0v) is 10.8. The second-order valence-corrected chi connectivity index (χ2v) is 6.35. The van der Waals surface area contributed by atoms with Crippen molar-refractivity contribution in [2.75, 3.05) is 5.73 Å². The van der Waals surface area contributed by atoms with Crippen molar-refractivity contribution < 1.29 is 17.9 Å². The van der Waals surface area contributed by atoms with Gasteiger partial charge in [0, 0.05) is 11.7 Å². The molecule has 0 aromatic heterocycles. The quantitative estimate of drug-likeness (QED) is 0.721. The summed E-state index contributed by atoms with van der Waals surface area (Å²) in [5.41, 5.74) is 5.51. The molecule has 1 aliphatic rings. The number of benzene rings is 1. The molecule has 0 aliphatic heterocycles. The van der Waals surface area contributed by atoms with E-state index in [1.807, 2.05) is 0 Å². The maximum atomic E-state index is 13.7. The Hall–Kier alpha value is -0.890. The van der Waals surface area contributed by atoms with Gasteiger partial charge in [-0.05, 0) is 25.0 Å². The van der Waals surface area contributed by atoms with Gasteiger partial charge in [0.25, 0.3) is 0 Å². The number of nitrogens with one attached hydrogen (secondary N) is 1. The Bertz CT molecular complexity index is 573. The fourth-order valence-electron chi connectivity index (χ4n) is 1.75. The van der Waals surface area contributed by atoms with Crippen molar-refractivity contribution in [2.24, 2.45) is 0 Å². The highest BCUT2D eigenvalue weighted by molar-refractivity contribution is 7.89. The van der Waals surface area contributed by atoms with Crippen LogP contribution >= 0.6 is 11.6 Å². The van der Waals surface area contributed by atoms with Crippen molar-refractivity contribution >= 4 is 27.3 Å². The van der Waals surface area contributed by atoms with E-state index in [1.54, 1.807) is 0 Å². The van der Waals surface area contributed by atoms with Crippen LogP contribution in [0.2, 0.25) is 5.02 Å². The minimum atomic E-state index is -4.02. The summed E-state index contributed by atoms with van der Waals surface area (Å²) in [5, 5.41) is 8.74. The van der Waals surface area contributed by atoms with Crippen molar-refractivity contribution in [1.29, 1.82) is 0 Å². The van der Waals surface area contributed by atoms with Crippen LogP contribution in [0.4, 0.5) is 10.1 Å². The number of halogens is 2. The highest BCUT2D eigenvalue weighted by Crippen LogP contribution is 2.27. The summed E-state index contributed by atoms with van der Waals surface area (Å²) in [5.74, 6) is -1.03. The van der Waals surface area contributed by atoms with Crippen molar-refractivity contribution in [3.05, 3.63) is 23.0 Å². The van der Waals surface area contributed by atoms with Gasteiger partial charge in [0.1, 0.15) is 4.90 Å². The van der Waals surface area contributed by atoms with Crippen LogP contribution in [0.15, 0.2) is 17.0 Å². The zero-order chi connectivity index (χ0) is 13.5. The predicted molar refractivity (Wildman–Crippen MR) is 65.2 cm³/mol. The number of anilines is 1. The van der Waals surface area contributed by atoms with Crippen LogP contribution in [-0.4, -0.2) is 25.7 Å². The van der Waals surface area contributed by atoms with E-state index in [1.165, 1.54) is 0 Å². The number of nitrogen functional groups attached to an aromatic ring is 1. The molecule has 18 heavy (non-hydrogen) atoms. The van der Waals surface area contributed by atoms with E-state index in [-0.39, 0.29) is 16.8 Å². The molecule has 5 nitrogen and oxygen atoms in total. The van der Waals surface area contributed by atoms with E-state index >= 15 is 0 Å². The van der Waals surface area contributed by atoms with Crippen molar-refractivity contribution in [3.63, 3.8) is 0 Å². The molecule has 0 bridgehead atoms. The number of hydrogen-bond acceptors (Lipinski definition) is 4. The SMILES string of the molecule is Nc1cc(Cl)c(F)c(S(=O)(=O)NC2CC(O)C2)c1. The first-order chi connectivity index (χ1) is 8.29. The Morgan fingerprint density at radius 2 is 2.06 bits per heavy atom. The first-order valence-corrected chi connectivity index (χ1v) is 7.10. The smallest absolute Gasteiger partial charge is 0.243 e. The van der Waals surface area contributed by atoms with Crippen LogP contribution < -0.4 is 10.5 Å². The van der Waals surface area contributed by atoms with Gasteiger partial charge in [-0.2, -0.15) is 0 Å². The highest BCUT2D eigenvalue weighted by Gasteiger charge is 2.32. The molecule has 0 spiro atoms. The molecule has 100 valence electrons. The molecule has 2 rings (SSSR count). The predicted octanol–water partition coefficient (Wildman–Crippen LogP) is 0.863. The van der Waals surface area contributed by atoms with E-state index in [9.17, 15) is 12.8 Å². The summed E-state index contributed by atoms with van der Waals surface area (Å²) >= 11 is 5.55. The number of rotatable bonds is 3. The summed E-state index contributed by atoms with van der Waals surface area (Å²) in [6.07, 6.45) is 0.125. The number of aliphatic hydroxyl groups is 1. The standard InChI is InChI=1S/C10H12ClFN2O3S/c11-8-1-5(13)2-9(10(8)12)18(16,17)14-6-3-7(15)4-6/h1-2,6-7,14-15H,3-4,13H2. The van der Waals surface area contributed by atoms with Gasteiger partial charge in [0.2, 0.25) is 10.0 Å². The molecule has 0 unspecified atom stereocenters. The third kappa shape index (κ3) is 2.59. The van der Waals surface area contributed by atoms with Crippen LogP contribution in [0, 0.1) is 5.82 Å². The lowest BCUT2D eigenvalue weighted by Crippen LogP contribution is -2.46. The normalized spacial score (nSPS) is 23.7. The Balaban J connectivity index is 2.29. The number of hydrogen-bond donors (Lipinski definition) is 3. The second-order valence-electron chi connectivity index (χ2n) is 4.26. The molecular formula is C10H12ClFN2O3S. The minimum Gasteiger partial charge on any atom is -0.399 e. The third-order valence-corrected chi connectivity index (χ3v) is 4.54. The van der Waals surface area contributed by atoms with Gasteiger partial charge < -0.3 is 10.8 Å². The molecule has 0 saturated heterocycles. The lowest BCUT2D eigenvalue weighted by Gasteiger charge is -2.31. The average Bonchev–Trinajstić information content (AvgIpc) is 2.20. The molecule has 1 aromatic rings. The van der Waals surface area contributed by atoms with Gasteiger partial charge >= 0.3 is 0 Å². The van der Waals surface area contributed by atoms with Gasteiger partial charge in [-0.3, -0.25) is 0 Å². The Morgan fingerprint density at radius 1 is 1.44 bits per heavy atom. The summed E-state index contributed by atoms with van der Waals surface area (Å²) in [6, 6.07) is 1.77. The zero-order valence-electron chi connectivity index (χ0n) is 9.23. The van der Waals surface area contributed by atoms with E-state index in [4.69, 9.17) is 22.4 Å². The van der Waals surface area contributed by atoms with E-state index < -0.39 is 26.8 Å². The molecule has 1 fully saturated rings. The number of nitrogens with two attached hydrogens (primary N) is 1. The van der Waals surface area contributed by atoms with Crippen LogP contribution in [-0.2, 0) is 10.0 Å². The summed E-state index contributed by atoms with van der Waals surface area (Å²) < 4.78 is 39.8. The first-order valence-electron chi connectivity index (χ1n) is 5.24. The van der Waals surface area contributed by atoms with Crippen LogP contribution in [0.5, 0.6) is 0 Å². The van der Waals surface area contributed by atoms with Gasteiger partial charge in [0.15, 0.2) is 5.82 Å². The van der Waals surface area contributed by atoms with E-state index in [0.29, 0.717) is 12.8 Å². The summed E-state index contributed by atoms with van der Waals surface area (Å²) in [4.78, 5) is -0.575. The van der Waals surface area contributed by atoms with Gasteiger partial charge in [-0.1, -0.05) is 11.6 Å². The summed E-state index contributed by atoms with van der Waals surface area (Å²) in [6.45, 7) is 0. The Labute approximate surface area is 109 Å². The van der Waals surface area contributed by atoms with Gasteiger partial charge in [-0.15, -0.1) is 0 Å². The largest absolute Gasteiger partial charge is 0.399 e. The van der Waals surface area contributed by atoms with Crippen LogP contribution in [0.1, 0.15) is 12.8 Å². The minimum absolute atomic E-state index is 0.0652. The lowest BCUT2D eigenvalue weighted by atomic mass is 9.91. The first kappa shape index (κ1) is 13.5. The molecule has 1 aromatic carbocycles. The van der Waals surface area contributed by atoms with Crippen LogP contribution in [0.3, 0.4) is 0 Å². The van der Waals surface area contributed by atoms with Crippen molar-refractivity contribution in [1.82, 2.24) is 4.72 Å². The topological polar surface area (TPSA) is 92.4 Å². The maximum absolute atomic E-state index is 13.7. The molecule has 0 heterocycles. The summed E-state index contributed by atoms with van der Waals surface area (Å²) in [7, 11) is -4.02. The molecule has 8 heteroatoms. The molecule has 0 amide bonds. The molecule has 1 saturated carbocycles. The van der Waals surface area contributed by atoms with E-state index in [0.717, 1.165) is 12.1 Å². The molecule has 0 atom stereocenters. The fourth-order valence-corrected chi connectivity index (χ4v) is 3.43. The average molecular weight is 295 g/mol. The van der Waals surface area contributed by atoms with Gasteiger partial charge in [0.05, 0.1) is 11.1 Å². The molecule has 0 radical (unpaired) electrons. The highest BCUT2D eigenvalue weighted by atomic mass is 35.5. The Kier molecular flexibility index (Phi) is 3.50. The molecular weight excluding hydrogens is 283 g/mol. The maximum Gasteiger partial charge on any atom is 0.243 e. The molecule has 4 N–H and O–H groups in total. The molecule has 1 aliphatic carbocycles. The fraction of sp³-hybridized carbons (Fsp3) is 0.400. The number of aliphatic hydroxyl groups excluding tert-OH is 1. The van der Waals surface area contributed by atoms with E-state index in [2.05, 4.69) is 4.72 Å². The third-order valence-electron chi connectivity index (χ3n) is 2.74.